The van der Waals surface area contributed by atoms with Crippen molar-refractivity contribution in [2.75, 3.05) is 26.0 Å². The van der Waals surface area contributed by atoms with Gasteiger partial charge < -0.3 is 20.7 Å². The van der Waals surface area contributed by atoms with E-state index in [2.05, 4.69) is 5.32 Å². The van der Waals surface area contributed by atoms with E-state index < -0.39 is 0 Å². The lowest BCUT2D eigenvalue weighted by atomic mass is 10.3. The molecular formula is C12H17N3O2S. The minimum Gasteiger partial charge on any atom is -0.495 e. The maximum absolute atomic E-state index is 11.9. The normalized spacial score (nSPS) is 9.67. The number of nitrogens with two attached hydrogens (primary N) is 1. The molecule has 18 heavy (non-hydrogen) atoms. The number of urea groups is 1. The average molecular weight is 267 g/mol. The summed E-state index contributed by atoms with van der Waals surface area (Å²) in [4.78, 5) is 13.8. The molecule has 0 heterocycles. The van der Waals surface area contributed by atoms with Crippen molar-refractivity contribution in [3.8, 4) is 5.75 Å². The van der Waals surface area contributed by atoms with E-state index in [1.54, 1.807) is 26.3 Å². The second kappa shape index (κ2) is 6.80. The maximum atomic E-state index is 11.9. The van der Waals surface area contributed by atoms with Gasteiger partial charge in [-0.1, -0.05) is 24.4 Å². The molecule has 0 fully saturated rings. The third kappa shape index (κ3) is 4.21. The summed E-state index contributed by atoms with van der Waals surface area (Å²) in [6.45, 7) is 0.482. The molecule has 1 rings (SSSR count). The summed E-state index contributed by atoms with van der Waals surface area (Å²) in [7, 11) is 3.24. The van der Waals surface area contributed by atoms with Crippen LogP contribution in [0.25, 0.3) is 0 Å². The SMILES string of the molecule is COc1ccccc1NC(=O)N(C)CCC(N)=S. The Hall–Kier alpha value is -1.82. The Balaban J connectivity index is 2.60. The van der Waals surface area contributed by atoms with Crippen molar-refractivity contribution in [3.63, 3.8) is 0 Å². The zero-order chi connectivity index (χ0) is 13.5. The number of anilines is 1. The van der Waals surface area contributed by atoms with Gasteiger partial charge in [0.05, 0.1) is 17.8 Å². The van der Waals surface area contributed by atoms with Gasteiger partial charge in [-0.05, 0) is 12.1 Å². The Morgan fingerprint density at radius 2 is 2.17 bits per heavy atom. The number of hydrogen-bond acceptors (Lipinski definition) is 3. The summed E-state index contributed by atoms with van der Waals surface area (Å²) in [5.41, 5.74) is 6.02. The molecule has 0 aliphatic rings. The van der Waals surface area contributed by atoms with Crippen LogP contribution in [0.5, 0.6) is 5.75 Å². The van der Waals surface area contributed by atoms with E-state index in [0.717, 1.165) is 0 Å². The van der Waals surface area contributed by atoms with E-state index in [-0.39, 0.29) is 6.03 Å². The van der Waals surface area contributed by atoms with Crippen LogP contribution in [0.2, 0.25) is 0 Å². The fraction of sp³-hybridized carbons (Fsp3) is 0.333. The third-order valence-corrected chi connectivity index (χ3v) is 2.59. The van der Waals surface area contributed by atoms with Crippen LogP contribution < -0.4 is 15.8 Å². The standard InChI is InChI=1S/C12H17N3O2S/c1-15(8-7-11(13)18)12(16)14-9-5-3-4-6-10(9)17-2/h3-6H,7-8H2,1-2H3,(H2,13,18)(H,14,16). The molecule has 0 spiro atoms. The van der Waals surface area contributed by atoms with Gasteiger partial charge in [-0.3, -0.25) is 0 Å². The quantitative estimate of drug-likeness (QED) is 0.799. The first kappa shape index (κ1) is 14.2. The molecule has 2 amide bonds. The van der Waals surface area contributed by atoms with Gasteiger partial charge in [0.25, 0.3) is 0 Å². The minimum atomic E-state index is -0.226. The van der Waals surface area contributed by atoms with Crippen LogP contribution in [0.1, 0.15) is 6.42 Å². The van der Waals surface area contributed by atoms with Gasteiger partial charge in [-0.2, -0.15) is 0 Å². The Bertz CT molecular complexity index is 437. The molecule has 1 aromatic carbocycles. The predicted molar refractivity (Wildman–Crippen MR) is 76.0 cm³/mol. The fourth-order valence-electron chi connectivity index (χ4n) is 1.34. The molecule has 1 aromatic rings. The van der Waals surface area contributed by atoms with Gasteiger partial charge in [0.2, 0.25) is 0 Å². The zero-order valence-corrected chi connectivity index (χ0v) is 11.3. The summed E-state index contributed by atoms with van der Waals surface area (Å²) in [5, 5.41) is 2.76. The molecule has 0 aliphatic heterocycles. The van der Waals surface area contributed by atoms with E-state index >= 15 is 0 Å². The summed E-state index contributed by atoms with van der Waals surface area (Å²) < 4.78 is 5.15. The highest BCUT2D eigenvalue weighted by Crippen LogP contribution is 2.23. The first-order chi connectivity index (χ1) is 8.54. The van der Waals surface area contributed by atoms with Crippen LogP contribution in [0.4, 0.5) is 10.5 Å². The minimum absolute atomic E-state index is 0.226. The summed E-state index contributed by atoms with van der Waals surface area (Å²) >= 11 is 4.77. The highest BCUT2D eigenvalue weighted by molar-refractivity contribution is 7.80. The second-order valence-electron chi connectivity index (χ2n) is 3.77. The molecular weight excluding hydrogens is 250 g/mol. The lowest BCUT2D eigenvalue weighted by Gasteiger charge is -2.18. The highest BCUT2D eigenvalue weighted by atomic mass is 32.1. The number of hydrogen-bond donors (Lipinski definition) is 2. The van der Waals surface area contributed by atoms with Gasteiger partial charge in [0, 0.05) is 20.0 Å². The van der Waals surface area contributed by atoms with Crippen molar-refractivity contribution in [2.24, 2.45) is 5.73 Å². The van der Waals surface area contributed by atoms with Crippen LogP contribution in [-0.4, -0.2) is 36.6 Å². The van der Waals surface area contributed by atoms with Gasteiger partial charge in [0.15, 0.2) is 0 Å². The van der Waals surface area contributed by atoms with Crippen molar-refractivity contribution in [1.29, 1.82) is 0 Å². The summed E-state index contributed by atoms with van der Waals surface area (Å²) in [5.74, 6) is 0.619. The molecule has 0 aliphatic carbocycles. The first-order valence-electron chi connectivity index (χ1n) is 5.48. The molecule has 0 unspecified atom stereocenters. The molecule has 6 heteroatoms. The monoisotopic (exact) mass is 267 g/mol. The predicted octanol–water partition coefficient (Wildman–Crippen LogP) is 1.84. The van der Waals surface area contributed by atoms with Crippen molar-refractivity contribution < 1.29 is 9.53 Å². The van der Waals surface area contributed by atoms with Crippen molar-refractivity contribution in [2.45, 2.75) is 6.42 Å². The third-order valence-electron chi connectivity index (χ3n) is 2.39. The van der Waals surface area contributed by atoms with Crippen LogP contribution in [-0.2, 0) is 0 Å². The lowest BCUT2D eigenvalue weighted by molar-refractivity contribution is 0.223. The Kier molecular flexibility index (Phi) is 5.38. The van der Waals surface area contributed by atoms with Gasteiger partial charge in [-0.25, -0.2) is 4.79 Å². The Morgan fingerprint density at radius 1 is 1.50 bits per heavy atom. The molecule has 5 nitrogen and oxygen atoms in total. The maximum Gasteiger partial charge on any atom is 0.321 e. The number of para-hydroxylation sites is 2. The highest BCUT2D eigenvalue weighted by Gasteiger charge is 2.11. The van der Waals surface area contributed by atoms with Crippen LogP contribution in [0.3, 0.4) is 0 Å². The number of amides is 2. The van der Waals surface area contributed by atoms with E-state index in [1.165, 1.54) is 4.90 Å². The van der Waals surface area contributed by atoms with Gasteiger partial charge >= 0.3 is 6.03 Å². The number of ether oxygens (including phenoxy) is 1. The van der Waals surface area contributed by atoms with Crippen LogP contribution in [0.15, 0.2) is 24.3 Å². The first-order valence-corrected chi connectivity index (χ1v) is 5.89. The number of thiocarbonyl (C=S) groups is 1. The van der Waals surface area contributed by atoms with E-state index in [1.807, 2.05) is 12.1 Å². The van der Waals surface area contributed by atoms with E-state index in [9.17, 15) is 4.79 Å². The Morgan fingerprint density at radius 3 is 2.78 bits per heavy atom. The molecule has 0 bridgehead atoms. The van der Waals surface area contributed by atoms with Crippen molar-refractivity contribution in [3.05, 3.63) is 24.3 Å². The molecule has 98 valence electrons. The van der Waals surface area contributed by atoms with Crippen LogP contribution in [0, 0.1) is 0 Å². The largest absolute Gasteiger partial charge is 0.495 e. The number of nitrogens with one attached hydrogen (secondary N) is 1. The van der Waals surface area contributed by atoms with Crippen LogP contribution >= 0.6 is 12.2 Å². The van der Waals surface area contributed by atoms with Crippen molar-refractivity contribution >= 4 is 28.9 Å². The molecule has 0 radical (unpaired) electrons. The Labute approximate surface area is 112 Å². The zero-order valence-electron chi connectivity index (χ0n) is 10.5. The van der Waals surface area contributed by atoms with Gasteiger partial charge in [-0.15, -0.1) is 0 Å². The number of carbonyl (C=O) groups excluding carboxylic acids is 1. The molecule has 0 atom stereocenters. The summed E-state index contributed by atoms with van der Waals surface area (Å²) in [6, 6.07) is 7.00. The topological polar surface area (TPSA) is 67.6 Å². The van der Waals surface area contributed by atoms with E-state index in [0.29, 0.717) is 29.4 Å². The molecule has 3 N–H and O–H groups in total. The number of rotatable bonds is 5. The molecule has 0 saturated heterocycles. The lowest BCUT2D eigenvalue weighted by Crippen LogP contribution is -2.33. The number of nitrogens with zero attached hydrogens (tertiary/aromatic N) is 1. The number of benzene rings is 1. The molecule has 0 aromatic heterocycles. The fourth-order valence-corrected chi connectivity index (χ4v) is 1.43. The van der Waals surface area contributed by atoms with Gasteiger partial charge in [0.1, 0.15) is 5.75 Å². The summed E-state index contributed by atoms with van der Waals surface area (Å²) in [6.07, 6.45) is 0.505. The van der Waals surface area contributed by atoms with Crippen molar-refractivity contribution in [1.82, 2.24) is 4.90 Å². The molecule has 0 saturated carbocycles. The smallest absolute Gasteiger partial charge is 0.321 e. The van der Waals surface area contributed by atoms with E-state index in [4.69, 9.17) is 22.7 Å². The average Bonchev–Trinajstić information content (AvgIpc) is 2.36. The number of methoxy groups -OCH3 is 1. The second-order valence-corrected chi connectivity index (χ2v) is 4.29. The number of carbonyl (C=O) groups is 1.